The quantitative estimate of drug-likeness (QED) is 0.385. The molecule has 3 heterocycles. The number of aryl methyl sites for hydroxylation is 2. The van der Waals surface area contributed by atoms with E-state index in [0.717, 1.165) is 58.6 Å². The van der Waals surface area contributed by atoms with Crippen LogP contribution in [0.4, 0.5) is 0 Å². The van der Waals surface area contributed by atoms with Gasteiger partial charge in [-0.3, -0.25) is 9.69 Å². The van der Waals surface area contributed by atoms with Crippen LogP contribution in [0.2, 0.25) is 0 Å². The van der Waals surface area contributed by atoms with Gasteiger partial charge in [0.2, 0.25) is 0 Å². The van der Waals surface area contributed by atoms with E-state index in [2.05, 4.69) is 38.4 Å². The van der Waals surface area contributed by atoms with Gasteiger partial charge in [-0.05, 0) is 72.0 Å². The Balaban J connectivity index is 1.44. The molecule has 36 heavy (non-hydrogen) atoms. The molecule has 9 nitrogen and oxygen atoms in total. The van der Waals surface area contributed by atoms with Crippen molar-refractivity contribution in [3.05, 3.63) is 80.9 Å². The van der Waals surface area contributed by atoms with Gasteiger partial charge in [0, 0.05) is 30.6 Å². The zero-order valence-corrected chi connectivity index (χ0v) is 21.0. The summed E-state index contributed by atoms with van der Waals surface area (Å²) in [6.07, 6.45) is 2.21. The summed E-state index contributed by atoms with van der Waals surface area (Å²) < 4.78 is 12.9. The maximum atomic E-state index is 13.1. The molecule has 1 N–H and O–H groups in total. The lowest BCUT2D eigenvalue weighted by Crippen LogP contribution is -2.29. The highest BCUT2D eigenvalue weighted by atomic mass is 16.5. The van der Waals surface area contributed by atoms with Crippen molar-refractivity contribution in [3.8, 4) is 5.75 Å². The van der Waals surface area contributed by atoms with E-state index in [1.165, 1.54) is 0 Å². The molecule has 1 aliphatic heterocycles. The highest BCUT2D eigenvalue weighted by Gasteiger charge is 2.21. The fourth-order valence-electron chi connectivity index (χ4n) is 4.79. The molecule has 2 aromatic heterocycles. The van der Waals surface area contributed by atoms with Crippen molar-refractivity contribution in [2.45, 2.75) is 59.0 Å². The van der Waals surface area contributed by atoms with E-state index in [1.54, 1.807) is 7.11 Å². The zero-order chi connectivity index (χ0) is 25.1. The molecule has 1 saturated heterocycles. The van der Waals surface area contributed by atoms with Crippen LogP contribution in [0.15, 0.2) is 47.3 Å². The first-order valence-corrected chi connectivity index (χ1v) is 12.3. The van der Waals surface area contributed by atoms with Crippen LogP contribution in [0.5, 0.6) is 5.75 Å². The summed E-state index contributed by atoms with van der Waals surface area (Å²) in [6.45, 7) is 7.08. The lowest BCUT2D eigenvalue weighted by Gasteiger charge is -2.22. The van der Waals surface area contributed by atoms with E-state index in [9.17, 15) is 4.79 Å². The summed E-state index contributed by atoms with van der Waals surface area (Å²) in [5.41, 5.74) is 4.83. The normalized spacial score (nSPS) is 15.7. The average molecular weight is 489 g/mol. The van der Waals surface area contributed by atoms with Crippen LogP contribution in [-0.4, -0.2) is 49.9 Å². The van der Waals surface area contributed by atoms with Crippen molar-refractivity contribution >= 4 is 10.9 Å². The average Bonchev–Trinajstić information content (AvgIpc) is 3.55. The van der Waals surface area contributed by atoms with E-state index < -0.39 is 0 Å². The topological polar surface area (TPSA) is 98.2 Å². The standard InChI is InChI=1S/C27H32N6O3/c1-18-6-7-19(2)26-24(18)13-21(27(34)28-26)15-32(14-20-8-10-22(35-3)11-9-20)17-25-29-30-31-33(25)16-23-5-4-12-36-23/h6-11,13,23H,4-5,12,14-17H2,1-3H3,(H,28,34). The van der Waals surface area contributed by atoms with Crippen LogP contribution >= 0.6 is 0 Å². The SMILES string of the molecule is COc1ccc(CN(Cc2cc3c(C)ccc(C)c3[nH]c2=O)Cc2nnnn2CC2CCCO2)cc1. The molecule has 9 heteroatoms. The number of nitrogens with zero attached hydrogens (tertiary/aromatic N) is 5. The number of rotatable bonds is 9. The molecular weight excluding hydrogens is 456 g/mol. The Morgan fingerprint density at radius 2 is 1.92 bits per heavy atom. The number of pyridine rings is 1. The molecule has 0 aliphatic carbocycles. The minimum Gasteiger partial charge on any atom is -0.497 e. The summed E-state index contributed by atoms with van der Waals surface area (Å²) in [4.78, 5) is 18.4. The molecule has 1 unspecified atom stereocenters. The Morgan fingerprint density at radius 1 is 1.11 bits per heavy atom. The van der Waals surface area contributed by atoms with Gasteiger partial charge in [-0.25, -0.2) is 4.68 Å². The monoisotopic (exact) mass is 488 g/mol. The zero-order valence-electron chi connectivity index (χ0n) is 21.0. The Morgan fingerprint density at radius 3 is 2.67 bits per heavy atom. The minimum absolute atomic E-state index is 0.0742. The maximum Gasteiger partial charge on any atom is 0.252 e. The fourth-order valence-corrected chi connectivity index (χ4v) is 4.79. The minimum atomic E-state index is -0.0742. The summed E-state index contributed by atoms with van der Waals surface area (Å²) in [7, 11) is 1.66. The summed E-state index contributed by atoms with van der Waals surface area (Å²) in [6, 6.07) is 14.1. The van der Waals surface area contributed by atoms with Gasteiger partial charge in [0.25, 0.3) is 5.56 Å². The van der Waals surface area contributed by atoms with Crippen molar-refractivity contribution < 1.29 is 9.47 Å². The molecular formula is C27H32N6O3. The van der Waals surface area contributed by atoms with E-state index in [1.807, 2.05) is 48.0 Å². The highest BCUT2D eigenvalue weighted by molar-refractivity contribution is 5.85. The number of fused-ring (bicyclic) bond motifs is 1. The third-order valence-corrected chi connectivity index (χ3v) is 6.85. The van der Waals surface area contributed by atoms with Gasteiger partial charge in [-0.15, -0.1) is 5.10 Å². The van der Waals surface area contributed by atoms with Crippen molar-refractivity contribution in [1.29, 1.82) is 0 Å². The van der Waals surface area contributed by atoms with Crippen LogP contribution < -0.4 is 10.3 Å². The largest absolute Gasteiger partial charge is 0.497 e. The fraction of sp³-hybridized carbons (Fsp3) is 0.407. The van der Waals surface area contributed by atoms with Crippen LogP contribution in [0, 0.1) is 13.8 Å². The summed E-state index contributed by atoms with van der Waals surface area (Å²) in [5, 5.41) is 13.5. The number of hydrogen-bond acceptors (Lipinski definition) is 7. The van der Waals surface area contributed by atoms with Crippen LogP contribution in [0.3, 0.4) is 0 Å². The summed E-state index contributed by atoms with van der Waals surface area (Å²) >= 11 is 0. The first-order valence-electron chi connectivity index (χ1n) is 12.3. The number of methoxy groups -OCH3 is 1. The Bertz CT molecular complexity index is 1390. The molecule has 2 aromatic carbocycles. The number of ether oxygens (including phenoxy) is 2. The number of nitrogens with one attached hydrogen (secondary N) is 1. The second-order valence-corrected chi connectivity index (χ2v) is 9.52. The van der Waals surface area contributed by atoms with Crippen LogP contribution in [0.25, 0.3) is 10.9 Å². The van der Waals surface area contributed by atoms with Crippen molar-refractivity contribution in [2.75, 3.05) is 13.7 Å². The smallest absolute Gasteiger partial charge is 0.252 e. The van der Waals surface area contributed by atoms with Crippen molar-refractivity contribution in [1.82, 2.24) is 30.1 Å². The Labute approximate surface area is 210 Å². The van der Waals surface area contributed by atoms with Gasteiger partial charge in [-0.1, -0.05) is 24.3 Å². The van der Waals surface area contributed by atoms with E-state index in [0.29, 0.717) is 31.7 Å². The number of aromatic nitrogens is 5. The number of benzene rings is 2. The lowest BCUT2D eigenvalue weighted by molar-refractivity contribution is 0.0914. The van der Waals surface area contributed by atoms with Gasteiger partial charge in [0.05, 0.1) is 31.8 Å². The molecule has 5 rings (SSSR count). The summed E-state index contributed by atoms with van der Waals surface area (Å²) in [5.74, 6) is 1.56. The molecule has 0 spiro atoms. The molecule has 188 valence electrons. The van der Waals surface area contributed by atoms with Crippen molar-refractivity contribution in [3.63, 3.8) is 0 Å². The third-order valence-electron chi connectivity index (χ3n) is 6.85. The van der Waals surface area contributed by atoms with Gasteiger partial charge >= 0.3 is 0 Å². The maximum absolute atomic E-state index is 13.1. The predicted octanol–water partition coefficient (Wildman–Crippen LogP) is 3.52. The molecule has 0 amide bonds. The molecule has 1 atom stereocenters. The van der Waals surface area contributed by atoms with Gasteiger partial charge in [0.15, 0.2) is 5.82 Å². The van der Waals surface area contributed by atoms with Gasteiger partial charge in [0.1, 0.15) is 5.75 Å². The van der Waals surface area contributed by atoms with E-state index in [4.69, 9.17) is 9.47 Å². The second kappa shape index (κ2) is 10.6. The molecule has 1 aliphatic rings. The van der Waals surface area contributed by atoms with Crippen LogP contribution in [0.1, 0.15) is 40.9 Å². The first kappa shape index (κ1) is 24.1. The molecule has 0 saturated carbocycles. The second-order valence-electron chi connectivity index (χ2n) is 9.52. The van der Waals surface area contributed by atoms with Gasteiger partial charge < -0.3 is 14.5 Å². The number of aromatic amines is 1. The lowest BCUT2D eigenvalue weighted by atomic mass is 10.0. The van der Waals surface area contributed by atoms with Crippen LogP contribution in [-0.2, 0) is 30.9 Å². The molecule has 4 aromatic rings. The third kappa shape index (κ3) is 5.32. The first-order chi connectivity index (χ1) is 17.5. The van der Waals surface area contributed by atoms with E-state index >= 15 is 0 Å². The highest BCUT2D eigenvalue weighted by Crippen LogP contribution is 2.22. The number of H-pyrrole nitrogens is 1. The van der Waals surface area contributed by atoms with E-state index in [-0.39, 0.29) is 11.7 Å². The molecule has 1 fully saturated rings. The Hall–Kier alpha value is -3.56. The number of hydrogen-bond donors (Lipinski definition) is 1. The molecule has 0 bridgehead atoms. The number of tetrazole rings is 1. The predicted molar refractivity (Wildman–Crippen MR) is 137 cm³/mol. The molecule has 0 radical (unpaired) electrons. The van der Waals surface area contributed by atoms with Gasteiger partial charge in [-0.2, -0.15) is 0 Å². The Kier molecular flexibility index (Phi) is 7.11. The van der Waals surface area contributed by atoms with Crippen molar-refractivity contribution in [2.24, 2.45) is 0 Å².